The molecule has 2 N–H and O–H groups in total. The van der Waals surface area contributed by atoms with Crippen LogP contribution in [0, 0.1) is 13.8 Å². The van der Waals surface area contributed by atoms with E-state index in [1.54, 1.807) is 12.1 Å². The van der Waals surface area contributed by atoms with Crippen molar-refractivity contribution < 1.29 is 13.2 Å². The van der Waals surface area contributed by atoms with Crippen molar-refractivity contribution in [2.75, 3.05) is 16.6 Å². The lowest BCUT2D eigenvalue weighted by atomic mass is 9.98. The maximum absolute atomic E-state index is 12.4. The van der Waals surface area contributed by atoms with Crippen LogP contribution in [-0.4, -0.2) is 36.8 Å². The van der Waals surface area contributed by atoms with E-state index >= 15 is 0 Å². The van der Waals surface area contributed by atoms with E-state index in [2.05, 4.69) is 15.5 Å². The Balaban J connectivity index is 1.62. The minimum absolute atomic E-state index is 0.0659. The van der Waals surface area contributed by atoms with Crippen molar-refractivity contribution in [2.45, 2.75) is 39.7 Å². The van der Waals surface area contributed by atoms with Crippen LogP contribution in [0.1, 0.15) is 41.8 Å². The Labute approximate surface area is 153 Å². The minimum atomic E-state index is -3.17. The van der Waals surface area contributed by atoms with E-state index in [1.807, 2.05) is 32.9 Å². The molecule has 0 bridgehead atoms. The summed E-state index contributed by atoms with van der Waals surface area (Å²) in [7, 11) is -3.17. The van der Waals surface area contributed by atoms with Crippen molar-refractivity contribution in [2.24, 2.45) is 0 Å². The standard InChI is InChI=1S/C18H24N4O3S/c1-12(17-13(2)20-21-14(17)3)18(23)19-11-15-5-7-16(8-6-15)22-9-4-10-26(22,24)25/h5-8,12H,4,9-11H2,1-3H3,(H,19,23)(H,20,21). The fourth-order valence-electron chi connectivity index (χ4n) is 3.38. The summed E-state index contributed by atoms with van der Waals surface area (Å²) in [6.45, 7) is 6.57. The minimum Gasteiger partial charge on any atom is -0.352 e. The first-order valence-corrected chi connectivity index (χ1v) is 10.3. The maximum Gasteiger partial charge on any atom is 0.235 e. The summed E-state index contributed by atoms with van der Waals surface area (Å²) >= 11 is 0. The average Bonchev–Trinajstić information content (AvgIpc) is 3.13. The van der Waals surface area contributed by atoms with E-state index in [0.29, 0.717) is 25.2 Å². The molecule has 3 rings (SSSR count). The second-order valence-electron chi connectivity index (χ2n) is 6.70. The average molecular weight is 376 g/mol. The van der Waals surface area contributed by atoms with Crippen molar-refractivity contribution in [1.82, 2.24) is 15.5 Å². The van der Waals surface area contributed by atoms with Crippen LogP contribution < -0.4 is 9.62 Å². The summed E-state index contributed by atoms with van der Waals surface area (Å²) in [6.07, 6.45) is 0.658. The van der Waals surface area contributed by atoms with Gasteiger partial charge in [-0.05, 0) is 44.9 Å². The first kappa shape index (κ1) is 18.4. The summed E-state index contributed by atoms with van der Waals surface area (Å²) in [4.78, 5) is 12.4. The van der Waals surface area contributed by atoms with Gasteiger partial charge in [-0.15, -0.1) is 0 Å². The normalized spacial score (nSPS) is 17.3. The summed E-state index contributed by atoms with van der Waals surface area (Å²) < 4.78 is 25.4. The molecule has 1 aromatic heterocycles. The molecule has 8 heteroatoms. The zero-order valence-corrected chi connectivity index (χ0v) is 16.1. The van der Waals surface area contributed by atoms with E-state index in [-0.39, 0.29) is 17.6 Å². The molecule has 1 fully saturated rings. The number of sulfonamides is 1. The molecule has 0 spiro atoms. The second kappa shape index (κ2) is 7.11. The van der Waals surface area contributed by atoms with Crippen LogP contribution >= 0.6 is 0 Å². The zero-order valence-electron chi connectivity index (χ0n) is 15.2. The van der Waals surface area contributed by atoms with Gasteiger partial charge in [0.05, 0.1) is 23.1 Å². The lowest BCUT2D eigenvalue weighted by Crippen LogP contribution is -2.28. The molecule has 0 radical (unpaired) electrons. The SMILES string of the molecule is Cc1n[nH]c(C)c1C(C)C(=O)NCc1ccc(N2CCCS2(=O)=O)cc1. The number of hydrogen-bond donors (Lipinski definition) is 2. The highest BCUT2D eigenvalue weighted by Gasteiger charge is 2.28. The van der Waals surface area contributed by atoms with Crippen molar-refractivity contribution in [1.29, 1.82) is 0 Å². The van der Waals surface area contributed by atoms with Gasteiger partial charge in [0.1, 0.15) is 0 Å². The topological polar surface area (TPSA) is 95.2 Å². The summed E-state index contributed by atoms with van der Waals surface area (Å²) in [6, 6.07) is 7.28. The third-order valence-electron chi connectivity index (χ3n) is 4.80. The van der Waals surface area contributed by atoms with E-state index in [4.69, 9.17) is 0 Å². The zero-order chi connectivity index (χ0) is 18.9. The van der Waals surface area contributed by atoms with E-state index in [9.17, 15) is 13.2 Å². The number of nitrogens with one attached hydrogen (secondary N) is 2. The first-order valence-electron chi connectivity index (χ1n) is 8.68. The van der Waals surface area contributed by atoms with Gasteiger partial charge in [-0.1, -0.05) is 12.1 Å². The molecule has 1 aliphatic heterocycles. The van der Waals surface area contributed by atoms with Crippen molar-refractivity contribution in [3.8, 4) is 0 Å². The number of amides is 1. The molecule has 1 atom stereocenters. The Kier molecular flexibility index (Phi) is 5.04. The number of rotatable bonds is 5. The van der Waals surface area contributed by atoms with Crippen LogP contribution in [0.4, 0.5) is 5.69 Å². The van der Waals surface area contributed by atoms with Crippen LogP contribution in [0.5, 0.6) is 0 Å². The maximum atomic E-state index is 12.4. The highest BCUT2D eigenvalue weighted by molar-refractivity contribution is 7.93. The van der Waals surface area contributed by atoms with Gasteiger partial charge >= 0.3 is 0 Å². The number of carbonyl (C=O) groups is 1. The Morgan fingerprint density at radius 3 is 2.54 bits per heavy atom. The summed E-state index contributed by atoms with van der Waals surface area (Å²) in [5.74, 6) is -0.151. The number of benzene rings is 1. The fourth-order valence-corrected chi connectivity index (χ4v) is 4.95. The number of carbonyl (C=O) groups excluding carboxylic acids is 1. The van der Waals surface area contributed by atoms with Crippen LogP contribution in [0.25, 0.3) is 0 Å². The third-order valence-corrected chi connectivity index (χ3v) is 6.67. The smallest absolute Gasteiger partial charge is 0.235 e. The van der Waals surface area contributed by atoms with Crippen LogP contribution in [-0.2, 0) is 21.4 Å². The van der Waals surface area contributed by atoms with E-state index in [1.165, 1.54) is 4.31 Å². The Morgan fingerprint density at radius 2 is 2.00 bits per heavy atom. The van der Waals surface area contributed by atoms with Crippen LogP contribution in [0.2, 0.25) is 0 Å². The van der Waals surface area contributed by atoms with Gasteiger partial charge in [0.25, 0.3) is 0 Å². The summed E-state index contributed by atoms with van der Waals surface area (Å²) in [5, 5.41) is 9.97. The Morgan fingerprint density at radius 1 is 1.31 bits per heavy atom. The molecule has 1 amide bonds. The molecule has 1 aliphatic rings. The molecule has 26 heavy (non-hydrogen) atoms. The number of aryl methyl sites for hydroxylation is 2. The quantitative estimate of drug-likeness (QED) is 0.834. The molecule has 1 aromatic carbocycles. The van der Waals surface area contributed by atoms with Gasteiger partial charge in [0.15, 0.2) is 0 Å². The van der Waals surface area contributed by atoms with E-state index < -0.39 is 10.0 Å². The number of aromatic nitrogens is 2. The first-order chi connectivity index (χ1) is 12.3. The number of aromatic amines is 1. The van der Waals surface area contributed by atoms with E-state index in [0.717, 1.165) is 22.5 Å². The number of H-pyrrole nitrogens is 1. The molecular formula is C18H24N4O3S. The third kappa shape index (κ3) is 3.60. The second-order valence-corrected chi connectivity index (χ2v) is 8.71. The molecule has 0 aliphatic carbocycles. The lowest BCUT2D eigenvalue weighted by molar-refractivity contribution is -0.122. The molecule has 1 saturated heterocycles. The van der Waals surface area contributed by atoms with Crippen LogP contribution in [0.15, 0.2) is 24.3 Å². The lowest BCUT2D eigenvalue weighted by Gasteiger charge is -2.17. The highest BCUT2D eigenvalue weighted by Crippen LogP contribution is 2.24. The van der Waals surface area contributed by atoms with Crippen LogP contribution in [0.3, 0.4) is 0 Å². The number of hydrogen-bond acceptors (Lipinski definition) is 4. The predicted octanol–water partition coefficient (Wildman–Crippen LogP) is 1.99. The molecule has 140 valence electrons. The fraction of sp³-hybridized carbons (Fsp3) is 0.444. The number of nitrogens with zero attached hydrogens (tertiary/aromatic N) is 2. The van der Waals surface area contributed by atoms with Crippen molar-refractivity contribution in [3.05, 3.63) is 46.8 Å². The predicted molar refractivity (Wildman–Crippen MR) is 101 cm³/mol. The van der Waals surface area contributed by atoms with Gasteiger partial charge in [-0.2, -0.15) is 5.10 Å². The van der Waals surface area contributed by atoms with Crippen molar-refractivity contribution >= 4 is 21.6 Å². The molecule has 1 unspecified atom stereocenters. The largest absolute Gasteiger partial charge is 0.352 e. The summed E-state index contributed by atoms with van der Waals surface area (Å²) in [5.41, 5.74) is 4.27. The Hall–Kier alpha value is -2.35. The Bertz CT molecular complexity index is 884. The van der Waals surface area contributed by atoms with Crippen molar-refractivity contribution in [3.63, 3.8) is 0 Å². The van der Waals surface area contributed by atoms with Gasteiger partial charge in [0, 0.05) is 24.3 Å². The highest BCUT2D eigenvalue weighted by atomic mass is 32.2. The molecule has 2 aromatic rings. The molecule has 2 heterocycles. The van der Waals surface area contributed by atoms with Gasteiger partial charge in [-0.25, -0.2) is 8.42 Å². The molecule has 7 nitrogen and oxygen atoms in total. The molecule has 0 saturated carbocycles. The van der Waals surface area contributed by atoms with Gasteiger partial charge < -0.3 is 5.32 Å². The van der Waals surface area contributed by atoms with Gasteiger partial charge in [0.2, 0.25) is 15.9 Å². The number of anilines is 1. The van der Waals surface area contributed by atoms with Gasteiger partial charge in [-0.3, -0.25) is 14.2 Å². The monoisotopic (exact) mass is 376 g/mol. The molecular weight excluding hydrogens is 352 g/mol.